The monoisotopic (exact) mass is 856 g/mol. The van der Waals surface area contributed by atoms with Crippen molar-refractivity contribution in [3.8, 4) is 22.8 Å². The number of aliphatic carboxylic acids is 4. The molecule has 0 atom stereocenters. The Morgan fingerprint density at radius 3 is 1.85 bits per heavy atom. The number of carbonyl (C=O) groups is 5. The van der Waals surface area contributed by atoms with Crippen LogP contribution in [0.15, 0.2) is 73.1 Å². The number of halogens is 3. The van der Waals surface area contributed by atoms with Crippen molar-refractivity contribution in [2.24, 2.45) is 0 Å². The van der Waals surface area contributed by atoms with Crippen molar-refractivity contribution >= 4 is 52.3 Å². The van der Waals surface area contributed by atoms with Gasteiger partial charge in [0.2, 0.25) is 0 Å². The highest BCUT2D eigenvalue weighted by Crippen LogP contribution is 2.39. The third kappa shape index (κ3) is 14.0. The summed E-state index contributed by atoms with van der Waals surface area (Å²) in [6.07, 6.45) is 3.01. The first-order valence-electron chi connectivity index (χ1n) is 18.4. The van der Waals surface area contributed by atoms with Crippen LogP contribution >= 0.6 is 0 Å². The van der Waals surface area contributed by atoms with Gasteiger partial charge in [-0.25, -0.2) is 33.8 Å². The Bertz CT molecular complexity index is 2180. The highest BCUT2D eigenvalue weighted by molar-refractivity contribution is 6.05. The number of benzene rings is 2. The number of nitrogen functional groups attached to an aromatic ring is 1. The summed E-state index contributed by atoms with van der Waals surface area (Å²) in [4.78, 5) is 64.9. The van der Waals surface area contributed by atoms with Crippen molar-refractivity contribution in [2.75, 3.05) is 51.4 Å². The van der Waals surface area contributed by atoms with Crippen molar-refractivity contribution in [1.29, 1.82) is 0 Å². The molecule has 0 unspecified atom stereocenters. The van der Waals surface area contributed by atoms with Gasteiger partial charge < -0.3 is 45.9 Å². The number of nitrogens with zero attached hydrogens (tertiary/aromatic N) is 6. The van der Waals surface area contributed by atoms with Crippen LogP contribution in [0.5, 0.6) is 11.5 Å². The second-order valence-electron chi connectivity index (χ2n) is 13.5. The van der Waals surface area contributed by atoms with Crippen molar-refractivity contribution in [3.63, 3.8) is 0 Å². The zero-order valence-corrected chi connectivity index (χ0v) is 32.8. The Morgan fingerprint density at radius 2 is 1.34 bits per heavy atom. The van der Waals surface area contributed by atoms with Crippen LogP contribution < -0.4 is 20.5 Å². The van der Waals surface area contributed by atoms with Gasteiger partial charge in [0.1, 0.15) is 29.3 Å². The van der Waals surface area contributed by atoms with E-state index in [0.717, 1.165) is 64.0 Å². The zero-order valence-electron chi connectivity index (χ0n) is 32.8. The lowest BCUT2D eigenvalue weighted by Gasteiger charge is -2.41. The second kappa shape index (κ2) is 21.3. The van der Waals surface area contributed by atoms with E-state index in [1.807, 2.05) is 4.68 Å². The van der Waals surface area contributed by atoms with E-state index >= 15 is 0 Å². The Kier molecular flexibility index (Phi) is 16.3. The molecule has 326 valence electrons. The molecule has 1 saturated carbocycles. The maximum absolute atomic E-state index is 12.9. The zero-order chi connectivity index (χ0) is 44.9. The van der Waals surface area contributed by atoms with E-state index in [1.165, 1.54) is 25.6 Å². The topological polar surface area (TPSA) is 273 Å². The van der Waals surface area contributed by atoms with Crippen LogP contribution in [0.2, 0.25) is 0 Å². The summed E-state index contributed by atoms with van der Waals surface area (Å²) in [5, 5.41) is 39.7. The fourth-order valence-electron chi connectivity index (χ4n) is 6.54. The number of fused-ring (bicyclic) bond motifs is 1. The van der Waals surface area contributed by atoms with Gasteiger partial charge in [-0.3, -0.25) is 9.69 Å². The maximum Gasteiger partial charge on any atom is 0.573 e. The Labute approximate surface area is 345 Å². The average Bonchev–Trinajstić information content (AvgIpc) is 3.61. The van der Waals surface area contributed by atoms with Crippen LogP contribution in [-0.4, -0.2) is 132 Å². The summed E-state index contributed by atoms with van der Waals surface area (Å²) in [5.74, 6) is -5.29. The normalized spacial score (nSPS) is 17.1. The van der Waals surface area contributed by atoms with E-state index in [9.17, 15) is 37.1 Å². The molecule has 61 heavy (non-hydrogen) atoms. The summed E-state index contributed by atoms with van der Waals surface area (Å²) in [6, 6.07) is 10.6. The predicted molar refractivity (Wildman–Crippen MR) is 212 cm³/mol. The summed E-state index contributed by atoms with van der Waals surface area (Å²) >= 11 is 0. The summed E-state index contributed by atoms with van der Waals surface area (Å²) in [6.45, 7) is 4.41. The molecule has 7 N–H and O–H groups in total. The van der Waals surface area contributed by atoms with E-state index in [0.29, 0.717) is 69.9 Å². The maximum atomic E-state index is 12.9. The van der Waals surface area contributed by atoms with Gasteiger partial charge in [0.05, 0.1) is 24.2 Å². The number of anilines is 2. The molecule has 22 heteroatoms. The van der Waals surface area contributed by atoms with Crippen molar-refractivity contribution in [2.45, 2.75) is 44.1 Å². The van der Waals surface area contributed by atoms with Gasteiger partial charge in [-0.05, 0) is 69.1 Å². The third-order valence-corrected chi connectivity index (χ3v) is 9.39. The lowest BCUT2D eigenvalue weighted by atomic mass is 9.90. The number of likely N-dealkylation sites (N-methyl/N-ethyl adjacent to an activating group) is 1. The fourth-order valence-corrected chi connectivity index (χ4v) is 6.54. The SMILES string of the molecule is COc1cc(-c2nn(C3CCC(N4CCN(C)CC4)CC3)c3ncnc(N)c23)ccc1NC(=O)c1ccc(OC(F)(F)F)cc1.O=C(O)/C=C\C(=O)O.O=C(O)/C=C\C(=O)O. The number of ether oxygens (including phenoxy) is 2. The number of hydrogen-bond donors (Lipinski definition) is 6. The Hall–Kier alpha value is -7.07. The molecule has 0 radical (unpaired) electrons. The standard InChI is InChI=1S/C31H35F3N8O3.2C4H4O4/c1-40-13-15-41(16-14-40)21-6-8-22(9-7-21)42-29-26(28(35)36-18-37-29)27(39-42)20-5-12-24(25(17-20)44-2)38-30(43)19-3-10-23(11-4-19)45-31(32,33)34;2*5-3(6)1-2-4(7)8/h3-5,10-12,17-18,21-22H,6-9,13-16H2,1-2H3,(H,38,43)(H2,35,36,37);2*1-2H,(H,5,6)(H,7,8)/b;2*2-1-. The second-order valence-corrected chi connectivity index (χ2v) is 13.5. The van der Waals surface area contributed by atoms with Gasteiger partial charge in [0.15, 0.2) is 5.65 Å². The Morgan fingerprint density at radius 1 is 0.803 bits per heavy atom. The number of nitrogens with two attached hydrogens (primary N) is 1. The molecule has 19 nitrogen and oxygen atoms in total. The largest absolute Gasteiger partial charge is 0.573 e. The number of carboxylic acid groups (broad SMARTS) is 4. The highest BCUT2D eigenvalue weighted by Gasteiger charge is 2.32. The summed E-state index contributed by atoms with van der Waals surface area (Å²) < 4.78 is 48.9. The number of hydrogen-bond acceptors (Lipinski definition) is 13. The molecule has 0 bridgehead atoms. The Balaban J connectivity index is 0.000000434. The predicted octanol–water partition coefficient (Wildman–Crippen LogP) is 4.39. The lowest BCUT2D eigenvalue weighted by Crippen LogP contribution is -2.49. The molecule has 3 heterocycles. The number of methoxy groups -OCH3 is 1. The molecule has 1 aliphatic heterocycles. The van der Waals surface area contributed by atoms with Crippen molar-refractivity contribution in [1.82, 2.24) is 29.5 Å². The minimum atomic E-state index is -4.82. The minimum absolute atomic E-state index is 0.146. The summed E-state index contributed by atoms with van der Waals surface area (Å²) in [5.41, 5.74) is 8.88. The van der Waals surface area contributed by atoms with Crippen molar-refractivity contribution < 1.29 is 67.0 Å². The van der Waals surface area contributed by atoms with E-state index in [-0.39, 0.29) is 11.6 Å². The number of carboxylic acids is 4. The highest BCUT2D eigenvalue weighted by atomic mass is 19.4. The first-order chi connectivity index (χ1) is 28.8. The van der Waals surface area contributed by atoms with Gasteiger partial charge in [-0.15, -0.1) is 13.2 Å². The molecule has 2 aliphatic rings. The van der Waals surface area contributed by atoms with E-state index in [4.69, 9.17) is 36.0 Å². The number of alkyl halides is 3. The molecule has 4 aromatic rings. The number of aromatic nitrogens is 4. The smallest absolute Gasteiger partial charge is 0.495 e. The molecule has 1 aliphatic carbocycles. The number of piperazine rings is 1. The van der Waals surface area contributed by atoms with Crippen LogP contribution in [0, 0.1) is 0 Å². The minimum Gasteiger partial charge on any atom is -0.495 e. The molecular weight excluding hydrogens is 813 g/mol. The summed E-state index contributed by atoms with van der Waals surface area (Å²) in [7, 11) is 3.65. The molecular formula is C39H43F3N8O11. The van der Waals surface area contributed by atoms with E-state index < -0.39 is 41.9 Å². The molecule has 2 aromatic heterocycles. The molecule has 1 saturated heterocycles. The van der Waals surface area contributed by atoms with E-state index in [1.54, 1.807) is 18.2 Å². The number of rotatable bonds is 11. The van der Waals surface area contributed by atoms with Crippen molar-refractivity contribution in [3.05, 3.63) is 78.7 Å². The number of amides is 1. The van der Waals surface area contributed by atoms with Gasteiger partial charge in [0, 0.05) is 67.7 Å². The first-order valence-corrected chi connectivity index (χ1v) is 18.4. The van der Waals surface area contributed by atoms with Crippen LogP contribution in [0.4, 0.5) is 24.7 Å². The van der Waals surface area contributed by atoms with Crippen LogP contribution in [0.3, 0.4) is 0 Å². The third-order valence-electron chi connectivity index (χ3n) is 9.39. The van der Waals surface area contributed by atoms with Gasteiger partial charge in [0.25, 0.3) is 5.91 Å². The first kappa shape index (κ1) is 46.6. The van der Waals surface area contributed by atoms with Crippen LogP contribution in [0.1, 0.15) is 42.1 Å². The van der Waals surface area contributed by atoms with Gasteiger partial charge in [-0.2, -0.15) is 5.10 Å². The molecule has 0 spiro atoms. The van der Waals surface area contributed by atoms with Gasteiger partial charge >= 0.3 is 30.2 Å². The number of nitrogens with one attached hydrogen (secondary N) is 1. The van der Waals surface area contributed by atoms with Crippen LogP contribution in [0.25, 0.3) is 22.3 Å². The molecule has 6 rings (SSSR count). The molecule has 2 aromatic carbocycles. The molecule has 1 amide bonds. The van der Waals surface area contributed by atoms with E-state index in [2.05, 4.69) is 36.9 Å². The average molecular weight is 857 g/mol. The fraction of sp³-hybridized carbons (Fsp3) is 0.333. The lowest BCUT2D eigenvalue weighted by molar-refractivity contribution is -0.274. The van der Waals surface area contributed by atoms with Crippen LogP contribution in [-0.2, 0) is 19.2 Å². The molecule has 2 fully saturated rings. The number of carbonyl (C=O) groups excluding carboxylic acids is 1. The quantitative estimate of drug-likeness (QED) is 0.114. The van der Waals surface area contributed by atoms with Gasteiger partial charge in [-0.1, -0.05) is 6.07 Å².